The Labute approximate surface area is 127 Å². The molecule has 0 unspecified atom stereocenters. The van der Waals surface area contributed by atoms with Gasteiger partial charge in [0.25, 0.3) is 5.91 Å². The zero-order valence-corrected chi connectivity index (χ0v) is 12.8. The highest BCUT2D eigenvalue weighted by molar-refractivity contribution is 7.10. The van der Waals surface area contributed by atoms with Gasteiger partial charge in [-0.1, -0.05) is 0 Å². The van der Waals surface area contributed by atoms with Gasteiger partial charge in [-0.15, -0.1) is 11.3 Å². The van der Waals surface area contributed by atoms with E-state index in [1.54, 1.807) is 16.0 Å². The molecule has 6 heteroatoms. The van der Waals surface area contributed by atoms with E-state index in [-0.39, 0.29) is 11.9 Å². The van der Waals surface area contributed by atoms with Crippen LogP contribution in [0.5, 0.6) is 0 Å². The van der Waals surface area contributed by atoms with Crippen LogP contribution in [-0.2, 0) is 7.05 Å². The van der Waals surface area contributed by atoms with Crippen molar-refractivity contribution in [1.82, 2.24) is 19.7 Å². The number of thiazole rings is 1. The maximum atomic E-state index is 12.7. The summed E-state index contributed by atoms with van der Waals surface area (Å²) in [7, 11) is 1.91. The van der Waals surface area contributed by atoms with E-state index in [1.807, 2.05) is 29.7 Å². The second-order valence-electron chi connectivity index (χ2n) is 5.95. The molecule has 2 aliphatic rings. The van der Waals surface area contributed by atoms with Crippen LogP contribution in [-0.4, -0.2) is 32.1 Å². The molecular formula is C15H18N4OS. The van der Waals surface area contributed by atoms with Crippen LogP contribution in [0.4, 0.5) is 0 Å². The molecule has 0 N–H and O–H groups in total. The highest BCUT2D eigenvalue weighted by Crippen LogP contribution is 2.41. The van der Waals surface area contributed by atoms with Crippen molar-refractivity contribution in [2.24, 2.45) is 7.05 Å². The SMILES string of the molecule is Cn1cc([C@H]2CCCN2C(=O)c2csc(C3CC3)n2)cn1. The number of hydrogen-bond acceptors (Lipinski definition) is 4. The predicted molar refractivity (Wildman–Crippen MR) is 80.3 cm³/mol. The molecule has 1 aliphatic heterocycles. The van der Waals surface area contributed by atoms with Crippen LogP contribution < -0.4 is 0 Å². The number of nitrogens with zero attached hydrogens (tertiary/aromatic N) is 4. The molecule has 1 aliphatic carbocycles. The third-order valence-electron chi connectivity index (χ3n) is 4.29. The minimum Gasteiger partial charge on any atom is -0.330 e. The van der Waals surface area contributed by atoms with Crippen molar-refractivity contribution < 1.29 is 4.79 Å². The number of likely N-dealkylation sites (tertiary alicyclic amines) is 1. The van der Waals surface area contributed by atoms with Crippen LogP contribution in [0.3, 0.4) is 0 Å². The van der Waals surface area contributed by atoms with Crippen molar-refractivity contribution in [3.05, 3.63) is 34.0 Å². The number of hydrogen-bond donors (Lipinski definition) is 0. The van der Waals surface area contributed by atoms with Crippen molar-refractivity contribution in [2.75, 3.05) is 6.54 Å². The average Bonchev–Trinajstić information content (AvgIpc) is 2.94. The van der Waals surface area contributed by atoms with Crippen LogP contribution in [0.2, 0.25) is 0 Å². The van der Waals surface area contributed by atoms with Crippen LogP contribution in [0, 0.1) is 0 Å². The Morgan fingerprint density at radius 1 is 1.38 bits per heavy atom. The summed E-state index contributed by atoms with van der Waals surface area (Å²) in [6, 6.07) is 0.150. The maximum Gasteiger partial charge on any atom is 0.273 e. The number of aromatic nitrogens is 3. The Hall–Kier alpha value is -1.69. The van der Waals surface area contributed by atoms with Crippen molar-refractivity contribution in [3.8, 4) is 0 Å². The first-order valence-corrected chi connectivity index (χ1v) is 8.35. The molecule has 3 heterocycles. The normalized spacial score (nSPS) is 22.0. The van der Waals surface area contributed by atoms with Gasteiger partial charge in [-0.25, -0.2) is 4.98 Å². The van der Waals surface area contributed by atoms with Crippen LogP contribution in [0.1, 0.15) is 58.7 Å². The lowest BCUT2D eigenvalue weighted by atomic mass is 10.1. The highest BCUT2D eigenvalue weighted by Gasteiger charge is 2.33. The first kappa shape index (κ1) is 13.0. The van der Waals surface area contributed by atoms with Crippen molar-refractivity contribution in [3.63, 3.8) is 0 Å². The number of aryl methyl sites for hydroxylation is 1. The summed E-state index contributed by atoms with van der Waals surface area (Å²) in [5, 5.41) is 7.29. The maximum absolute atomic E-state index is 12.7. The predicted octanol–water partition coefficient (Wildman–Crippen LogP) is 2.73. The third-order valence-corrected chi connectivity index (χ3v) is 5.30. The molecule has 2 aromatic heterocycles. The molecular weight excluding hydrogens is 284 g/mol. The molecule has 0 spiro atoms. The van der Waals surface area contributed by atoms with Gasteiger partial charge in [0.2, 0.25) is 0 Å². The van der Waals surface area contributed by atoms with Gasteiger partial charge in [-0.2, -0.15) is 5.10 Å². The third kappa shape index (κ3) is 2.37. The number of carbonyl (C=O) groups is 1. The second kappa shape index (κ2) is 4.94. The Kier molecular flexibility index (Phi) is 3.06. The van der Waals surface area contributed by atoms with Gasteiger partial charge in [0.15, 0.2) is 0 Å². The first-order valence-electron chi connectivity index (χ1n) is 7.47. The summed E-state index contributed by atoms with van der Waals surface area (Å²) in [6.45, 7) is 0.814. The van der Waals surface area contributed by atoms with Crippen LogP contribution in [0.15, 0.2) is 17.8 Å². The zero-order valence-electron chi connectivity index (χ0n) is 12.0. The lowest BCUT2D eigenvalue weighted by molar-refractivity contribution is 0.0730. The standard InChI is InChI=1S/C15H18N4OS/c1-18-8-11(7-16-18)13-3-2-6-19(13)15(20)12-9-21-14(17-12)10-4-5-10/h7-10,13H,2-6H2,1H3/t13-/m1/s1. The monoisotopic (exact) mass is 302 g/mol. The molecule has 2 fully saturated rings. The molecule has 2 aromatic rings. The Bertz CT molecular complexity index is 673. The van der Waals surface area contributed by atoms with Gasteiger partial charge < -0.3 is 4.90 Å². The average molecular weight is 302 g/mol. The van der Waals surface area contributed by atoms with Gasteiger partial charge in [-0.3, -0.25) is 9.48 Å². The van der Waals surface area contributed by atoms with E-state index in [9.17, 15) is 4.79 Å². The van der Waals surface area contributed by atoms with Crippen molar-refractivity contribution in [2.45, 2.75) is 37.6 Å². The molecule has 5 nitrogen and oxygen atoms in total. The fraction of sp³-hybridized carbons (Fsp3) is 0.533. The fourth-order valence-corrected chi connectivity index (χ4v) is 3.98. The zero-order chi connectivity index (χ0) is 14.4. The van der Waals surface area contributed by atoms with Gasteiger partial charge >= 0.3 is 0 Å². The molecule has 110 valence electrons. The van der Waals surface area contributed by atoms with Crippen LogP contribution in [0.25, 0.3) is 0 Å². The molecule has 4 rings (SSSR count). The van der Waals surface area contributed by atoms with Gasteiger partial charge in [0.05, 0.1) is 17.2 Å². The van der Waals surface area contributed by atoms with Crippen LogP contribution >= 0.6 is 11.3 Å². The Morgan fingerprint density at radius 2 is 2.24 bits per heavy atom. The minimum absolute atomic E-state index is 0.0736. The van der Waals surface area contributed by atoms with E-state index < -0.39 is 0 Å². The number of carbonyl (C=O) groups excluding carboxylic acids is 1. The van der Waals surface area contributed by atoms with E-state index in [2.05, 4.69) is 10.1 Å². The molecule has 0 bridgehead atoms. The fourth-order valence-electron chi connectivity index (χ4n) is 3.02. The van der Waals surface area contributed by atoms with E-state index in [1.165, 1.54) is 12.8 Å². The van der Waals surface area contributed by atoms with E-state index in [0.29, 0.717) is 11.6 Å². The summed E-state index contributed by atoms with van der Waals surface area (Å²) >= 11 is 1.63. The highest BCUT2D eigenvalue weighted by atomic mass is 32.1. The Morgan fingerprint density at radius 3 is 2.95 bits per heavy atom. The smallest absolute Gasteiger partial charge is 0.273 e. The number of amides is 1. The van der Waals surface area contributed by atoms with E-state index >= 15 is 0 Å². The summed E-state index contributed by atoms with van der Waals surface area (Å²) in [4.78, 5) is 19.3. The summed E-state index contributed by atoms with van der Waals surface area (Å²) in [5.41, 5.74) is 1.75. The molecule has 1 saturated carbocycles. The lowest BCUT2D eigenvalue weighted by Crippen LogP contribution is -2.30. The Balaban J connectivity index is 1.56. The lowest BCUT2D eigenvalue weighted by Gasteiger charge is -2.22. The van der Waals surface area contributed by atoms with Gasteiger partial charge in [0, 0.05) is 36.7 Å². The quantitative estimate of drug-likeness (QED) is 0.876. The summed E-state index contributed by atoms with van der Waals surface area (Å²) in [5.74, 6) is 0.689. The molecule has 0 radical (unpaired) electrons. The topological polar surface area (TPSA) is 51.0 Å². The molecule has 21 heavy (non-hydrogen) atoms. The summed E-state index contributed by atoms with van der Waals surface area (Å²) < 4.78 is 1.80. The van der Waals surface area contributed by atoms with Gasteiger partial charge in [0.1, 0.15) is 5.69 Å². The summed E-state index contributed by atoms with van der Waals surface area (Å²) in [6.07, 6.45) is 8.38. The largest absolute Gasteiger partial charge is 0.330 e. The first-order chi connectivity index (χ1) is 10.2. The molecule has 1 amide bonds. The minimum atomic E-state index is 0.0736. The van der Waals surface area contributed by atoms with E-state index in [0.717, 1.165) is 30.0 Å². The molecule has 0 aromatic carbocycles. The van der Waals surface area contributed by atoms with Crippen molar-refractivity contribution in [1.29, 1.82) is 0 Å². The van der Waals surface area contributed by atoms with Crippen molar-refractivity contribution >= 4 is 17.2 Å². The molecule has 1 atom stereocenters. The second-order valence-corrected chi connectivity index (χ2v) is 6.84. The van der Waals surface area contributed by atoms with E-state index in [4.69, 9.17) is 0 Å². The molecule has 1 saturated heterocycles. The number of rotatable bonds is 3. The van der Waals surface area contributed by atoms with Gasteiger partial charge in [-0.05, 0) is 25.7 Å².